The summed E-state index contributed by atoms with van der Waals surface area (Å²) in [4.78, 5) is 18.3. The van der Waals surface area contributed by atoms with Gasteiger partial charge in [0.25, 0.3) is 5.56 Å². The van der Waals surface area contributed by atoms with Crippen LogP contribution in [-0.4, -0.2) is 19.7 Å². The average molecular weight is 352 g/mol. The van der Waals surface area contributed by atoms with Gasteiger partial charge in [-0.05, 0) is 31.2 Å². The van der Waals surface area contributed by atoms with Crippen molar-refractivity contribution < 1.29 is 0 Å². The number of nitrogens with one attached hydrogen (secondary N) is 1. The molecule has 0 spiro atoms. The molecule has 5 rings (SSSR count). The normalized spacial score (nSPS) is 11.3. The lowest BCUT2D eigenvalue weighted by Crippen LogP contribution is -2.22. The molecule has 27 heavy (non-hydrogen) atoms. The van der Waals surface area contributed by atoms with Crippen LogP contribution in [0.3, 0.4) is 0 Å². The van der Waals surface area contributed by atoms with Crippen LogP contribution in [0.15, 0.2) is 77.6 Å². The molecule has 0 aliphatic rings. The van der Waals surface area contributed by atoms with Crippen molar-refractivity contribution >= 4 is 21.8 Å². The first-order valence-electron chi connectivity index (χ1n) is 8.75. The summed E-state index contributed by atoms with van der Waals surface area (Å²) in [6, 6.07) is 23.2. The second-order valence-corrected chi connectivity index (χ2v) is 6.56. The topological polar surface area (TPSA) is 63.6 Å². The lowest BCUT2D eigenvalue weighted by atomic mass is 10.1. The van der Waals surface area contributed by atoms with Gasteiger partial charge < -0.3 is 0 Å². The molecule has 1 N–H and O–H groups in total. The van der Waals surface area contributed by atoms with Crippen molar-refractivity contribution in [2.75, 3.05) is 0 Å². The fraction of sp³-hybridized carbons (Fsp3) is 0.0455. The van der Waals surface area contributed by atoms with Crippen molar-refractivity contribution in [1.29, 1.82) is 0 Å². The number of H-pyrrole nitrogens is 1. The molecular weight excluding hydrogens is 336 g/mol. The standard InChI is InChI=1S/C22H16N4O/c1-14-11-12-18-17(13-14)22(27)26(20(23-18)15-7-3-2-4-8-15)21-16-9-5-6-10-19(16)24-25-21/h2-13H,1H3,(H,24,25). The second kappa shape index (κ2) is 5.92. The number of nitrogens with zero attached hydrogens (tertiary/aromatic N) is 3. The molecule has 0 atom stereocenters. The number of benzene rings is 3. The summed E-state index contributed by atoms with van der Waals surface area (Å²) in [5.41, 5.74) is 3.32. The van der Waals surface area contributed by atoms with Crippen molar-refractivity contribution in [3.05, 3.63) is 88.7 Å². The molecule has 2 aromatic heterocycles. The Hall–Kier alpha value is -3.73. The SMILES string of the molecule is Cc1ccc2nc(-c3ccccc3)n(-c3n[nH]c4ccccc34)c(=O)c2c1. The van der Waals surface area contributed by atoms with Crippen LogP contribution in [0, 0.1) is 6.92 Å². The second-order valence-electron chi connectivity index (χ2n) is 6.56. The van der Waals surface area contributed by atoms with E-state index in [-0.39, 0.29) is 5.56 Å². The molecule has 2 heterocycles. The lowest BCUT2D eigenvalue weighted by Gasteiger charge is -2.12. The number of para-hydroxylation sites is 1. The van der Waals surface area contributed by atoms with Crippen LogP contribution in [-0.2, 0) is 0 Å². The van der Waals surface area contributed by atoms with Gasteiger partial charge in [-0.2, -0.15) is 5.10 Å². The van der Waals surface area contributed by atoms with E-state index < -0.39 is 0 Å². The van der Waals surface area contributed by atoms with Gasteiger partial charge in [0.15, 0.2) is 5.82 Å². The molecule has 0 saturated heterocycles. The van der Waals surface area contributed by atoms with Gasteiger partial charge >= 0.3 is 0 Å². The third-order valence-corrected chi connectivity index (χ3v) is 4.72. The van der Waals surface area contributed by atoms with Gasteiger partial charge in [-0.1, -0.05) is 54.1 Å². The van der Waals surface area contributed by atoms with Crippen LogP contribution in [0.5, 0.6) is 0 Å². The first kappa shape index (κ1) is 15.5. The van der Waals surface area contributed by atoms with E-state index in [1.807, 2.05) is 79.7 Å². The van der Waals surface area contributed by atoms with Crippen molar-refractivity contribution in [2.45, 2.75) is 6.92 Å². The van der Waals surface area contributed by atoms with Crippen molar-refractivity contribution in [3.63, 3.8) is 0 Å². The molecule has 5 heteroatoms. The fourth-order valence-corrected chi connectivity index (χ4v) is 3.40. The number of hydrogen-bond acceptors (Lipinski definition) is 3. The van der Waals surface area contributed by atoms with Crippen LogP contribution < -0.4 is 5.56 Å². The third kappa shape index (κ3) is 2.44. The summed E-state index contributed by atoms with van der Waals surface area (Å²) in [5.74, 6) is 1.14. The molecule has 0 fully saturated rings. The first-order valence-corrected chi connectivity index (χ1v) is 8.75. The number of rotatable bonds is 2. The predicted molar refractivity (Wildman–Crippen MR) is 107 cm³/mol. The summed E-state index contributed by atoms with van der Waals surface area (Å²) >= 11 is 0. The molecule has 0 unspecified atom stereocenters. The van der Waals surface area contributed by atoms with Crippen molar-refractivity contribution in [2.24, 2.45) is 0 Å². The van der Waals surface area contributed by atoms with Gasteiger partial charge in [0.2, 0.25) is 0 Å². The van der Waals surface area contributed by atoms with Crippen LogP contribution in [0.25, 0.3) is 39.0 Å². The van der Waals surface area contributed by atoms with Crippen LogP contribution in [0.2, 0.25) is 0 Å². The predicted octanol–water partition coefficient (Wildman–Crippen LogP) is 4.24. The molecule has 0 bridgehead atoms. The minimum absolute atomic E-state index is 0.125. The zero-order chi connectivity index (χ0) is 18.4. The number of aromatic amines is 1. The Labute approximate surface area is 154 Å². The summed E-state index contributed by atoms with van der Waals surface area (Å²) in [6.45, 7) is 1.97. The summed E-state index contributed by atoms with van der Waals surface area (Å²) in [6.07, 6.45) is 0. The Bertz CT molecular complexity index is 1350. The van der Waals surface area contributed by atoms with Crippen molar-refractivity contribution in [3.8, 4) is 17.2 Å². The largest absolute Gasteiger partial charge is 0.276 e. The number of hydrogen-bond donors (Lipinski definition) is 1. The van der Waals surface area contributed by atoms with Crippen LogP contribution in [0.1, 0.15) is 5.56 Å². The van der Waals surface area contributed by atoms with Gasteiger partial charge in [0, 0.05) is 10.9 Å². The highest BCUT2D eigenvalue weighted by Gasteiger charge is 2.18. The molecule has 5 aromatic rings. The Morgan fingerprint density at radius 2 is 1.67 bits per heavy atom. The lowest BCUT2D eigenvalue weighted by molar-refractivity contribution is 0.918. The Kier molecular flexibility index (Phi) is 3.40. The molecule has 0 aliphatic carbocycles. The summed E-state index contributed by atoms with van der Waals surface area (Å²) in [7, 11) is 0. The first-order chi connectivity index (χ1) is 13.2. The van der Waals surface area contributed by atoms with Gasteiger partial charge in [-0.15, -0.1) is 0 Å². The van der Waals surface area contributed by atoms with E-state index >= 15 is 0 Å². The zero-order valence-electron chi connectivity index (χ0n) is 14.7. The van der Waals surface area contributed by atoms with E-state index in [0.29, 0.717) is 22.5 Å². The molecule has 0 radical (unpaired) electrons. The molecule has 3 aromatic carbocycles. The number of aromatic nitrogens is 4. The number of fused-ring (bicyclic) bond motifs is 2. The van der Waals surface area contributed by atoms with Crippen LogP contribution in [0.4, 0.5) is 0 Å². The quantitative estimate of drug-likeness (QED) is 0.517. The highest BCUT2D eigenvalue weighted by Crippen LogP contribution is 2.25. The minimum Gasteiger partial charge on any atom is -0.276 e. The molecule has 0 amide bonds. The summed E-state index contributed by atoms with van der Waals surface area (Å²) < 4.78 is 1.61. The van der Waals surface area contributed by atoms with Gasteiger partial charge in [-0.25, -0.2) is 9.55 Å². The zero-order valence-corrected chi connectivity index (χ0v) is 14.7. The van der Waals surface area contributed by atoms with Gasteiger partial charge in [0.1, 0.15) is 5.82 Å². The maximum absolute atomic E-state index is 13.5. The van der Waals surface area contributed by atoms with E-state index in [2.05, 4.69) is 10.2 Å². The van der Waals surface area contributed by atoms with Gasteiger partial charge in [0.05, 0.1) is 16.4 Å². The molecule has 0 saturated carbocycles. The fourth-order valence-electron chi connectivity index (χ4n) is 3.40. The minimum atomic E-state index is -0.125. The highest BCUT2D eigenvalue weighted by atomic mass is 16.1. The Morgan fingerprint density at radius 1 is 0.889 bits per heavy atom. The van der Waals surface area contributed by atoms with Crippen LogP contribution >= 0.6 is 0 Å². The molecule has 0 aliphatic heterocycles. The molecule has 5 nitrogen and oxygen atoms in total. The molecular formula is C22H16N4O. The molecule has 130 valence electrons. The third-order valence-electron chi connectivity index (χ3n) is 4.72. The highest BCUT2D eigenvalue weighted by molar-refractivity contribution is 5.88. The Balaban J connectivity index is 1.95. The monoisotopic (exact) mass is 352 g/mol. The maximum Gasteiger partial charge on any atom is 0.267 e. The average Bonchev–Trinajstić information content (AvgIpc) is 3.13. The Morgan fingerprint density at radius 3 is 2.52 bits per heavy atom. The maximum atomic E-state index is 13.5. The van der Waals surface area contributed by atoms with Gasteiger partial charge in [-0.3, -0.25) is 9.89 Å². The van der Waals surface area contributed by atoms with Crippen molar-refractivity contribution in [1.82, 2.24) is 19.7 Å². The number of aryl methyl sites for hydroxylation is 1. The van der Waals surface area contributed by atoms with E-state index in [4.69, 9.17) is 4.98 Å². The van der Waals surface area contributed by atoms with E-state index in [9.17, 15) is 4.79 Å². The van der Waals surface area contributed by atoms with E-state index in [0.717, 1.165) is 22.0 Å². The van der Waals surface area contributed by atoms with E-state index in [1.165, 1.54) is 0 Å². The van der Waals surface area contributed by atoms with E-state index in [1.54, 1.807) is 4.57 Å². The summed E-state index contributed by atoms with van der Waals surface area (Å²) in [5, 5.41) is 8.92. The smallest absolute Gasteiger partial charge is 0.267 e.